The van der Waals surface area contributed by atoms with E-state index in [9.17, 15) is 22.0 Å². The van der Waals surface area contributed by atoms with Gasteiger partial charge in [0.15, 0.2) is 5.82 Å². The molecule has 0 atom stereocenters. The van der Waals surface area contributed by atoms with Crippen molar-refractivity contribution in [2.75, 3.05) is 4.72 Å². The molecule has 2 N–H and O–H groups in total. The number of aromatic amines is 1. The monoisotopic (exact) mass is 563 g/mol. The third kappa shape index (κ3) is 4.93. The molecule has 0 spiro atoms. The summed E-state index contributed by atoms with van der Waals surface area (Å²) in [4.78, 5) is 28.9. The molecule has 1 saturated carbocycles. The first-order chi connectivity index (χ1) is 19.2. The lowest BCUT2D eigenvalue weighted by Crippen LogP contribution is -2.16. The van der Waals surface area contributed by atoms with Crippen LogP contribution in [0.5, 0.6) is 0 Å². The van der Waals surface area contributed by atoms with Crippen LogP contribution in [0.3, 0.4) is 0 Å². The van der Waals surface area contributed by atoms with E-state index in [1.165, 1.54) is 25.1 Å². The van der Waals surface area contributed by atoms with Crippen molar-refractivity contribution in [2.45, 2.75) is 24.2 Å². The number of H-pyrrole nitrogens is 1. The van der Waals surface area contributed by atoms with Crippen molar-refractivity contribution >= 4 is 32.5 Å². The number of pyridine rings is 1. The molecule has 40 heavy (non-hydrogen) atoms. The Hall–Kier alpha value is -4.58. The smallest absolute Gasteiger partial charge is 0.262 e. The zero-order chi connectivity index (χ0) is 28.0. The van der Waals surface area contributed by atoms with Gasteiger partial charge in [-0.2, -0.15) is 0 Å². The van der Waals surface area contributed by atoms with E-state index in [4.69, 9.17) is 0 Å². The number of fused-ring (bicyclic) bond motifs is 1. The molecule has 2 aromatic carbocycles. The zero-order valence-corrected chi connectivity index (χ0v) is 21.5. The molecule has 202 valence electrons. The minimum Gasteiger partial charge on any atom is -0.345 e. The summed E-state index contributed by atoms with van der Waals surface area (Å²) >= 11 is 0. The maximum Gasteiger partial charge on any atom is 0.262 e. The zero-order valence-electron chi connectivity index (χ0n) is 20.7. The van der Waals surface area contributed by atoms with Gasteiger partial charge in [-0.15, -0.1) is 0 Å². The lowest BCUT2D eigenvalue weighted by Gasteiger charge is -2.12. The van der Waals surface area contributed by atoms with E-state index in [-0.39, 0.29) is 5.56 Å². The summed E-state index contributed by atoms with van der Waals surface area (Å²) < 4.78 is 71.2. The molecule has 1 fully saturated rings. The lowest BCUT2D eigenvalue weighted by atomic mass is 10.0. The Morgan fingerprint density at radius 2 is 1.73 bits per heavy atom. The van der Waals surface area contributed by atoms with Crippen molar-refractivity contribution in [1.29, 1.82) is 0 Å². The Morgan fingerprint density at radius 1 is 0.975 bits per heavy atom. The number of hydrogen-bond donors (Lipinski definition) is 2. The molecule has 0 aliphatic heterocycles. The quantitative estimate of drug-likeness (QED) is 0.244. The molecule has 1 aliphatic carbocycles. The number of rotatable bonds is 8. The predicted molar refractivity (Wildman–Crippen MR) is 141 cm³/mol. The van der Waals surface area contributed by atoms with Gasteiger partial charge in [0.1, 0.15) is 23.1 Å². The summed E-state index contributed by atoms with van der Waals surface area (Å²) in [6, 6.07) is 7.34. The van der Waals surface area contributed by atoms with Crippen molar-refractivity contribution in [2.24, 2.45) is 5.92 Å². The fraction of sp³-hybridized carbons (Fsp3) is 0.143. The number of carbonyl (C=O) groups is 1. The number of carbonyl (C=O) groups excluding carboxylic acids is 1. The van der Waals surface area contributed by atoms with Gasteiger partial charge in [-0.1, -0.05) is 6.07 Å². The summed E-state index contributed by atoms with van der Waals surface area (Å²) in [5, 5.41) is 0.300. The summed E-state index contributed by atoms with van der Waals surface area (Å²) in [5.41, 5.74) is -0.147. The second-order valence-electron chi connectivity index (χ2n) is 9.53. The van der Waals surface area contributed by atoms with Crippen LogP contribution in [-0.4, -0.2) is 34.1 Å². The SMILES string of the molecule is O=C(c1c(F)ccc(NS(=O)(=O)c2cccc(F)c2)c1F)c1c[nH]c2ncc(-c3cnc(CC4CC4)nc3)cc12. The number of hydrogen-bond acceptors (Lipinski definition) is 6. The molecule has 3 heterocycles. The Balaban J connectivity index is 1.33. The highest BCUT2D eigenvalue weighted by atomic mass is 32.2. The number of anilines is 1. The van der Waals surface area contributed by atoms with Gasteiger partial charge in [-0.25, -0.2) is 36.5 Å². The predicted octanol–water partition coefficient (Wildman–Crippen LogP) is 5.42. The van der Waals surface area contributed by atoms with Crippen molar-refractivity contribution in [3.8, 4) is 11.1 Å². The van der Waals surface area contributed by atoms with E-state index in [2.05, 4.69) is 19.9 Å². The number of benzene rings is 2. The van der Waals surface area contributed by atoms with Crippen LogP contribution in [0.25, 0.3) is 22.2 Å². The molecule has 12 heteroatoms. The molecule has 0 radical (unpaired) electrons. The van der Waals surface area contributed by atoms with Crippen LogP contribution in [-0.2, 0) is 16.4 Å². The summed E-state index contributed by atoms with van der Waals surface area (Å²) in [7, 11) is -4.44. The first-order valence-electron chi connectivity index (χ1n) is 12.3. The van der Waals surface area contributed by atoms with Gasteiger partial charge in [-0.05, 0) is 55.2 Å². The fourth-order valence-corrected chi connectivity index (χ4v) is 5.44. The van der Waals surface area contributed by atoms with Crippen LogP contribution < -0.4 is 4.72 Å². The van der Waals surface area contributed by atoms with Crippen molar-refractivity contribution < 1.29 is 26.4 Å². The van der Waals surface area contributed by atoms with E-state index in [0.717, 1.165) is 42.6 Å². The Bertz CT molecular complexity index is 1890. The van der Waals surface area contributed by atoms with Gasteiger partial charge in [0.25, 0.3) is 10.0 Å². The number of ketones is 1. The third-order valence-corrected chi connectivity index (χ3v) is 8.01. The van der Waals surface area contributed by atoms with Gasteiger partial charge in [0.2, 0.25) is 5.78 Å². The largest absolute Gasteiger partial charge is 0.345 e. The van der Waals surface area contributed by atoms with Gasteiger partial charge >= 0.3 is 0 Å². The minimum absolute atomic E-state index is 0.0708. The molecule has 5 aromatic rings. The van der Waals surface area contributed by atoms with Crippen LogP contribution in [0.2, 0.25) is 0 Å². The Labute approximate surface area is 226 Å². The molecule has 1 aliphatic rings. The minimum atomic E-state index is -4.44. The molecule has 6 rings (SSSR count). The topological polar surface area (TPSA) is 118 Å². The van der Waals surface area contributed by atoms with E-state index < -0.39 is 49.4 Å². The van der Waals surface area contributed by atoms with E-state index in [1.807, 2.05) is 4.72 Å². The highest BCUT2D eigenvalue weighted by molar-refractivity contribution is 7.92. The summed E-state index contributed by atoms with van der Waals surface area (Å²) in [6.45, 7) is 0. The maximum absolute atomic E-state index is 15.5. The van der Waals surface area contributed by atoms with Crippen molar-refractivity contribution in [3.63, 3.8) is 0 Å². The molecule has 3 aromatic heterocycles. The highest BCUT2D eigenvalue weighted by Gasteiger charge is 2.27. The fourth-order valence-electron chi connectivity index (χ4n) is 4.35. The third-order valence-electron chi connectivity index (χ3n) is 6.65. The van der Waals surface area contributed by atoms with Gasteiger partial charge in [0, 0.05) is 53.3 Å². The van der Waals surface area contributed by atoms with Gasteiger partial charge in [-0.3, -0.25) is 9.52 Å². The van der Waals surface area contributed by atoms with Gasteiger partial charge in [0.05, 0.1) is 16.1 Å². The van der Waals surface area contributed by atoms with Crippen LogP contribution in [0.1, 0.15) is 34.6 Å². The molecule has 0 unspecified atom stereocenters. The molecule has 0 amide bonds. The number of sulfonamides is 1. The summed E-state index contributed by atoms with van der Waals surface area (Å²) in [5.74, 6) is -3.06. The molecular weight excluding hydrogens is 543 g/mol. The lowest BCUT2D eigenvalue weighted by molar-refractivity contribution is 0.103. The Morgan fingerprint density at radius 3 is 2.45 bits per heavy atom. The van der Waals surface area contributed by atoms with E-state index in [0.29, 0.717) is 28.1 Å². The number of nitrogens with one attached hydrogen (secondary N) is 2. The molecule has 8 nitrogen and oxygen atoms in total. The normalized spacial score (nSPS) is 13.5. The standard InChI is InChI=1S/C28H20F3N5O3S/c29-18-2-1-3-19(10-18)40(38,39)36-23-7-6-22(30)25(26(23)31)27(37)21-14-35-28-20(21)9-16(11-34-28)17-12-32-24(33-13-17)8-15-4-5-15/h1-3,6-7,9-15,36H,4-5,8H2,(H,34,35). The molecule has 0 bridgehead atoms. The number of nitrogens with zero attached hydrogens (tertiary/aromatic N) is 3. The van der Waals surface area contributed by atoms with Crippen LogP contribution in [0.15, 0.2) is 72.1 Å². The van der Waals surface area contributed by atoms with E-state index in [1.54, 1.807) is 24.7 Å². The molecular formula is C28H20F3N5O3S. The van der Waals surface area contributed by atoms with Crippen LogP contribution in [0.4, 0.5) is 18.9 Å². The van der Waals surface area contributed by atoms with Crippen LogP contribution >= 0.6 is 0 Å². The number of aromatic nitrogens is 4. The second-order valence-corrected chi connectivity index (χ2v) is 11.2. The van der Waals surface area contributed by atoms with Gasteiger partial charge < -0.3 is 4.98 Å². The maximum atomic E-state index is 15.5. The highest BCUT2D eigenvalue weighted by Crippen LogP contribution is 2.32. The first-order valence-corrected chi connectivity index (χ1v) is 13.8. The summed E-state index contributed by atoms with van der Waals surface area (Å²) in [6.07, 6.45) is 9.35. The second kappa shape index (κ2) is 9.87. The van der Waals surface area contributed by atoms with Crippen LogP contribution in [0, 0.1) is 23.4 Å². The van der Waals surface area contributed by atoms with E-state index >= 15 is 4.39 Å². The van der Waals surface area contributed by atoms with Crippen molar-refractivity contribution in [3.05, 3.63) is 102 Å². The average Bonchev–Trinajstić information content (AvgIpc) is 3.65. The average molecular weight is 564 g/mol. The molecule has 0 saturated heterocycles. The Kier molecular flexibility index (Phi) is 6.34. The van der Waals surface area contributed by atoms with Crippen molar-refractivity contribution in [1.82, 2.24) is 19.9 Å². The first kappa shape index (κ1) is 25.7. The number of halogens is 3.